The molecule has 0 spiro atoms. The molecule has 1 aromatic heterocycles. The molecule has 0 aromatic carbocycles. The van der Waals surface area contributed by atoms with Gasteiger partial charge in [0.2, 0.25) is 5.91 Å². The number of likely N-dealkylation sites (N-methyl/N-ethyl adjacent to an activating group) is 1. The van der Waals surface area contributed by atoms with Crippen molar-refractivity contribution in [2.24, 2.45) is 0 Å². The maximum absolute atomic E-state index is 11.7. The zero-order chi connectivity index (χ0) is 12.8. The van der Waals surface area contributed by atoms with E-state index < -0.39 is 0 Å². The van der Waals surface area contributed by atoms with E-state index in [2.05, 4.69) is 5.32 Å². The zero-order valence-electron chi connectivity index (χ0n) is 11.1. The molecule has 1 rings (SSSR count). The SMILES string of the molecule is Cc1ccc(CCN(C)C(=O)CNC(C)C)o1. The van der Waals surface area contributed by atoms with Crippen molar-refractivity contribution >= 4 is 5.91 Å². The van der Waals surface area contributed by atoms with Gasteiger partial charge in [0.05, 0.1) is 6.54 Å². The number of nitrogens with one attached hydrogen (secondary N) is 1. The number of hydrogen-bond donors (Lipinski definition) is 1. The van der Waals surface area contributed by atoms with Gasteiger partial charge in [0.15, 0.2) is 0 Å². The van der Waals surface area contributed by atoms with Crippen molar-refractivity contribution in [3.63, 3.8) is 0 Å². The molecule has 0 bridgehead atoms. The van der Waals surface area contributed by atoms with Gasteiger partial charge in [0, 0.05) is 26.1 Å². The Kier molecular flexibility index (Phi) is 5.22. The van der Waals surface area contributed by atoms with Crippen LogP contribution in [0.5, 0.6) is 0 Å². The van der Waals surface area contributed by atoms with Gasteiger partial charge in [-0.25, -0.2) is 0 Å². The van der Waals surface area contributed by atoms with Gasteiger partial charge in [-0.1, -0.05) is 13.8 Å². The second-order valence-corrected chi connectivity index (χ2v) is 4.61. The number of carbonyl (C=O) groups excluding carboxylic acids is 1. The number of aryl methyl sites for hydroxylation is 1. The summed E-state index contributed by atoms with van der Waals surface area (Å²) < 4.78 is 5.46. The van der Waals surface area contributed by atoms with E-state index in [1.807, 2.05) is 40.0 Å². The van der Waals surface area contributed by atoms with Crippen molar-refractivity contribution in [1.29, 1.82) is 0 Å². The molecule has 96 valence electrons. The lowest BCUT2D eigenvalue weighted by Gasteiger charge is -2.17. The van der Waals surface area contributed by atoms with Crippen LogP contribution in [0, 0.1) is 6.92 Å². The van der Waals surface area contributed by atoms with Gasteiger partial charge in [-0.3, -0.25) is 4.79 Å². The van der Waals surface area contributed by atoms with E-state index in [-0.39, 0.29) is 5.91 Å². The fourth-order valence-corrected chi connectivity index (χ4v) is 1.45. The lowest BCUT2D eigenvalue weighted by molar-refractivity contribution is -0.129. The summed E-state index contributed by atoms with van der Waals surface area (Å²) in [6, 6.07) is 4.23. The lowest BCUT2D eigenvalue weighted by atomic mass is 10.3. The third kappa shape index (κ3) is 5.04. The molecule has 1 heterocycles. The van der Waals surface area contributed by atoms with Gasteiger partial charge in [0.25, 0.3) is 0 Å². The van der Waals surface area contributed by atoms with Crippen molar-refractivity contribution in [2.45, 2.75) is 33.2 Å². The molecular weight excluding hydrogens is 216 g/mol. The molecule has 0 aliphatic rings. The van der Waals surface area contributed by atoms with E-state index in [0.29, 0.717) is 19.1 Å². The highest BCUT2D eigenvalue weighted by molar-refractivity contribution is 5.77. The average molecular weight is 238 g/mol. The Morgan fingerprint density at radius 2 is 2.18 bits per heavy atom. The van der Waals surface area contributed by atoms with Gasteiger partial charge in [-0.2, -0.15) is 0 Å². The summed E-state index contributed by atoms with van der Waals surface area (Å²) in [6.07, 6.45) is 0.762. The molecule has 0 unspecified atom stereocenters. The Labute approximate surface area is 103 Å². The van der Waals surface area contributed by atoms with Gasteiger partial charge in [0.1, 0.15) is 11.5 Å². The molecule has 1 aromatic rings. The molecule has 0 atom stereocenters. The van der Waals surface area contributed by atoms with Crippen LogP contribution < -0.4 is 5.32 Å². The highest BCUT2D eigenvalue weighted by Gasteiger charge is 2.09. The predicted molar refractivity (Wildman–Crippen MR) is 67.9 cm³/mol. The molecule has 0 aliphatic heterocycles. The second-order valence-electron chi connectivity index (χ2n) is 4.61. The first-order chi connectivity index (χ1) is 7.99. The Morgan fingerprint density at radius 3 is 2.71 bits per heavy atom. The largest absolute Gasteiger partial charge is 0.466 e. The zero-order valence-corrected chi connectivity index (χ0v) is 11.1. The molecule has 1 N–H and O–H groups in total. The number of hydrogen-bond acceptors (Lipinski definition) is 3. The molecule has 0 radical (unpaired) electrons. The third-order valence-corrected chi connectivity index (χ3v) is 2.58. The first kappa shape index (κ1) is 13.8. The van der Waals surface area contributed by atoms with Crippen LogP contribution in [-0.4, -0.2) is 37.0 Å². The number of furan rings is 1. The first-order valence-electron chi connectivity index (χ1n) is 6.01. The third-order valence-electron chi connectivity index (χ3n) is 2.58. The fraction of sp³-hybridized carbons (Fsp3) is 0.615. The van der Waals surface area contributed by atoms with Gasteiger partial charge in [-0.05, 0) is 19.1 Å². The summed E-state index contributed by atoms with van der Waals surface area (Å²) in [5.41, 5.74) is 0. The van der Waals surface area contributed by atoms with E-state index >= 15 is 0 Å². The van der Waals surface area contributed by atoms with Crippen LogP contribution in [0.3, 0.4) is 0 Å². The van der Waals surface area contributed by atoms with Crippen LogP contribution in [0.15, 0.2) is 16.5 Å². The van der Waals surface area contributed by atoms with Crippen molar-refractivity contribution < 1.29 is 9.21 Å². The maximum atomic E-state index is 11.7. The second kappa shape index (κ2) is 6.45. The maximum Gasteiger partial charge on any atom is 0.236 e. The van der Waals surface area contributed by atoms with Crippen LogP contribution in [0.4, 0.5) is 0 Å². The van der Waals surface area contributed by atoms with E-state index in [9.17, 15) is 4.79 Å². The fourth-order valence-electron chi connectivity index (χ4n) is 1.45. The van der Waals surface area contributed by atoms with E-state index in [1.165, 1.54) is 0 Å². The molecular formula is C13H22N2O2. The molecule has 4 nitrogen and oxygen atoms in total. The van der Waals surface area contributed by atoms with Crippen LogP contribution in [0.2, 0.25) is 0 Å². The summed E-state index contributed by atoms with van der Waals surface area (Å²) >= 11 is 0. The summed E-state index contributed by atoms with van der Waals surface area (Å²) in [6.45, 7) is 7.06. The quantitative estimate of drug-likeness (QED) is 0.818. The number of carbonyl (C=O) groups is 1. The van der Waals surface area contributed by atoms with Crippen LogP contribution >= 0.6 is 0 Å². The number of amides is 1. The minimum Gasteiger partial charge on any atom is -0.466 e. The molecule has 17 heavy (non-hydrogen) atoms. The van der Waals surface area contributed by atoms with Gasteiger partial charge < -0.3 is 14.6 Å². The van der Waals surface area contributed by atoms with Gasteiger partial charge in [-0.15, -0.1) is 0 Å². The summed E-state index contributed by atoms with van der Waals surface area (Å²) in [4.78, 5) is 13.4. The van der Waals surface area contributed by atoms with Crippen molar-refractivity contribution in [1.82, 2.24) is 10.2 Å². The molecule has 0 fully saturated rings. The smallest absolute Gasteiger partial charge is 0.236 e. The lowest BCUT2D eigenvalue weighted by Crippen LogP contribution is -2.38. The number of nitrogens with zero attached hydrogens (tertiary/aromatic N) is 1. The van der Waals surface area contributed by atoms with Crippen molar-refractivity contribution in [2.75, 3.05) is 20.1 Å². The first-order valence-corrected chi connectivity index (χ1v) is 6.01. The summed E-state index contributed by atoms with van der Waals surface area (Å²) in [7, 11) is 1.82. The van der Waals surface area contributed by atoms with Crippen molar-refractivity contribution in [3.8, 4) is 0 Å². The van der Waals surface area contributed by atoms with Crippen LogP contribution in [0.25, 0.3) is 0 Å². The van der Waals surface area contributed by atoms with Gasteiger partial charge >= 0.3 is 0 Å². The molecule has 0 saturated heterocycles. The summed E-state index contributed by atoms with van der Waals surface area (Å²) in [5.74, 6) is 1.96. The minimum atomic E-state index is 0.113. The van der Waals surface area contributed by atoms with Crippen LogP contribution in [0.1, 0.15) is 25.4 Å². The monoisotopic (exact) mass is 238 g/mol. The number of rotatable bonds is 6. The Bertz CT molecular complexity index is 358. The molecule has 4 heteroatoms. The normalized spacial score (nSPS) is 10.9. The Balaban J connectivity index is 2.29. The molecule has 1 amide bonds. The van der Waals surface area contributed by atoms with E-state index in [1.54, 1.807) is 4.90 Å². The Morgan fingerprint density at radius 1 is 1.47 bits per heavy atom. The molecule has 0 saturated carbocycles. The summed E-state index contributed by atoms with van der Waals surface area (Å²) in [5, 5.41) is 3.11. The Hall–Kier alpha value is -1.29. The highest BCUT2D eigenvalue weighted by atomic mass is 16.3. The topological polar surface area (TPSA) is 45.5 Å². The highest BCUT2D eigenvalue weighted by Crippen LogP contribution is 2.07. The van der Waals surface area contributed by atoms with Crippen LogP contribution in [-0.2, 0) is 11.2 Å². The minimum absolute atomic E-state index is 0.113. The van der Waals surface area contributed by atoms with E-state index in [4.69, 9.17) is 4.42 Å². The average Bonchev–Trinajstić information content (AvgIpc) is 2.68. The molecule has 0 aliphatic carbocycles. The standard InChI is InChI=1S/C13H22N2O2/c1-10(2)14-9-13(16)15(4)8-7-12-6-5-11(3)17-12/h5-6,10,14H,7-9H2,1-4H3. The van der Waals surface area contributed by atoms with Crippen molar-refractivity contribution in [3.05, 3.63) is 23.7 Å². The van der Waals surface area contributed by atoms with E-state index in [0.717, 1.165) is 17.9 Å². The predicted octanol–water partition coefficient (Wildman–Crippen LogP) is 1.59.